The lowest BCUT2D eigenvalue weighted by atomic mass is 9.93. The molecule has 0 spiro atoms. The summed E-state index contributed by atoms with van der Waals surface area (Å²) in [7, 11) is 0. The highest BCUT2D eigenvalue weighted by Gasteiger charge is 2.43. The Balaban J connectivity index is 1.72. The molecule has 0 amide bonds. The SMILES string of the molecule is Cc1c([C@H]2[C@@H](c3ccccn3)NC(=S)N2c2ccc(Br)cc2)c(C)n(-c2ccccc2)c1C. The lowest BCUT2D eigenvalue weighted by Gasteiger charge is -2.29. The van der Waals surface area contributed by atoms with Crippen LogP contribution in [0.3, 0.4) is 0 Å². The molecule has 33 heavy (non-hydrogen) atoms. The zero-order valence-corrected chi connectivity index (χ0v) is 21.2. The number of nitrogens with zero attached hydrogens (tertiary/aromatic N) is 3. The predicted octanol–water partition coefficient (Wildman–Crippen LogP) is 6.74. The first-order chi connectivity index (χ1) is 16.0. The van der Waals surface area contributed by atoms with Gasteiger partial charge in [-0.25, -0.2) is 0 Å². The van der Waals surface area contributed by atoms with Crippen LogP contribution in [0.4, 0.5) is 5.69 Å². The second-order valence-corrected chi connectivity index (χ2v) is 9.66. The Morgan fingerprint density at radius 2 is 1.55 bits per heavy atom. The average molecular weight is 517 g/mol. The van der Waals surface area contributed by atoms with Gasteiger partial charge >= 0.3 is 0 Å². The van der Waals surface area contributed by atoms with E-state index >= 15 is 0 Å². The van der Waals surface area contributed by atoms with Gasteiger partial charge in [-0.3, -0.25) is 4.98 Å². The van der Waals surface area contributed by atoms with E-state index in [1.807, 2.05) is 18.3 Å². The summed E-state index contributed by atoms with van der Waals surface area (Å²) in [6.45, 7) is 6.62. The quantitative estimate of drug-likeness (QED) is 0.304. The van der Waals surface area contributed by atoms with Gasteiger partial charge in [-0.1, -0.05) is 40.2 Å². The molecule has 0 radical (unpaired) electrons. The molecule has 1 saturated heterocycles. The van der Waals surface area contributed by atoms with E-state index in [0.29, 0.717) is 5.11 Å². The number of halogens is 1. The number of thiocarbonyl (C=S) groups is 1. The zero-order valence-electron chi connectivity index (χ0n) is 18.8. The highest BCUT2D eigenvalue weighted by molar-refractivity contribution is 9.10. The fraction of sp³-hybridized carbons (Fsp3) is 0.185. The Morgan fingerprint density at radius 1 is 0.848 bits per heavy atom. The van der Waals surface area contributed by atoms with E-state index in [1.165, 1.54) is 28.2 Å². The molecule has 4 aromatic rings. The molecule has 2 aromatic carbocycles. The third-order valence-corrected chi connectivity index (χ3v) is 7.36. The van der Waals surface area contributed by atoms with Gasteiger partial charge in [-0.15, -0.1) is 0 Å². The summed E-state index contributed by atoms with van der Waals surface area (Å²) in [6.07, 6.45) is 1.85. The number of rotatable bonds is 4. The Labute approximate surface area is 208 Å². The molecule has 0 unspecified atom stereocenters. The molecule has 2 atom stereocenters. The Morgan fingerprint density at radius 3 is 2.21 bits per heavy atom. The van der Waals surface area contributed by atoms with Crippen molar-refractivity contribution < 1.29 is 0 Å². The summed E-state index contributed by atoms with van der Waals surface area (Å²) in [4.78, 5) is 6.94. The van der Waals surface area contributed by atoms with Crippen molar-refractivity contribution in [1.29, 1.82) is 0 Å². The molecule has 166 valence electrons. The number of nitrogens with one attached hydrogen (secondary N) is 1. The monoisotopic (exact) mass is 516 g/mol. The van der Waals surface area contributed by atoms with Crippen molar-refractivity contribution in [1.82, 2.24) is 14.9 Å². The van der Waals surface area contributed by atoms with Gasteiger partial charge in [0.25, 0.3) is 0 Å². The van der Waals surface area contributed by atoms with Crippen LogP contribution in [0.15, 0.2) is 83.5 Å². The lowest BCUT2D eigenvalue weighted by Crippen LogP contribution is -2.29. The summed E-state index contributed by atoms with van der Waals surface area (Å²) in [5, 5.41) is 4.29. The first-order valence-electron chi connectivity index (χ1n) is 11.0. The van der Waals surface area contributed by atoms with Crippen LogP contribution < -0.4 is 10.2 Å². The maximum absolute atomic E-state index is 5.90. The summed E-state index contributed by atoms with van der Waals surface area (Å²) < 4.78 is 3.39. The first-order valence-corrected chi connectivity index (χ1v) is 12.2. The molecule has 1 aliphatic rings. The van der Waals surface area contributed by atoms with Crippen LogP contribution in [0, 0.1) is 20.8 Å². The van der Waals surface area contributed by atoms with Gasteiger partial charge < -0.3 is 14.8 Å². The Kier molecular flexibility index (Phi) is 5.81. The highest BCUT2D eigenvalue weighted by Crippen LogP contribution is 2.45. The number of anilines is 1. The molecule has 3 heterocycles. The minimum atomic E-state index is -0.0641. The molecule has 1 aliphatic heterocycles. The Hall–Kier alpha value is -2.96. The fourth-order valence-corrected chi connectivity index (χ4v) is 5.54. The van der Waals surface area contributed by atoms with Crippen molar-refractivity contribution in [3.05, 3.63) is 112 Å². The summed E-state index contributed by atoms with van der Waals surface area (Å²) in [5.74, 6) is 0. The van der Waals surface area contributed by atoms with E-state index in [4.69, 9.17) is 17.2 Å². The standard InChI is InChI=1S/C27H25BrN4S/c1-17-18(2)31(21-9-5-4-6-10-21)19(3)24(17)26-25(23-11-7-8-16-29-23)30-27(33)32(26)22-14-12-20(28)13-15-22/h4-16,25-26H,1-3H3,(H,30,33)/t25-,26+/m1/s1. The summed E-state index contributed by atoms with van der Waals surface area (Å²) in [6, 6.07) is 24.8. The molecule has 4 nitrogen and oxygen atoms in total. The van der Waals surface area contributed by atoms with Crippen molar-refractivity contribution in [2.75, 3.05) is 4.90 Å². The van der Waals surface area contributed by atoms with Gasteiger partial charge in [0.1, 0.15) is 0 Å². The van der Waals surface area contributed by atoms with Crippen molar-refractivity contribution in [2.24, 2.45) is 0 Å². The molecule has 2 aromatic heterocycles. The Bertz CT molecular complexity index is 1300. The van der Waals surface area contributed by atoms with Crippen LogP contribution in [-0.2, 0) is 0 Å². The minimum absolute atomic E-state index is 0.0303. The maximum atomic E-state index is 5.90. The van der Waals surface area contributed by atoms with Gasteiger partial charge in [-0.05, 0) is 87.1 Å². The second kappa shape index (κ2) is 8.76. The van der Waals surface area contributed by atoms with E-state index in [1.54, 1.807) is 0 Å². The van der Waals surface area contributed by atoms with Crippen LogP contribution >= 0.6 is 28.1 Å². The van der Waals surface area contributed by atoms with Gasteiger partial charge in [0.15, 0.2) is 5.11 Å². The molecule has 1 fully saturated rings. The molecule has 0 saturated carbocycles. The highest BCUT2D eigenvalue weighted by atomic mass is 79.9. The number of pyridine rings is 1. The summed E-state index contributed by atoms with van der Waals surface area (Å²) in [5.41, 5.74) is 8.22. The van der Waals surface area contributed by atoms with Crippen LogP contribution in [0.2, 0.25) is 0 Å². The number of benzene rings is 2. The number of hydrogen-bond acceptors (Lipinski definition) is 2. The lowest BCUT2D eigenvalue weighted by molar-refractivity contribution is 0.563. The molecule has 0 aliphatic carbocycles. The van der Waals surface area contributed by atoms with Crippen molar-refractivity contribution >= 4 is 38.9 Å². The van der Waals surface area contributed by atoms with E-state index in [0.717, 1.165) is 15.9 Å². The normalized spacial score (nSPS) is 17.9. The van der Waals surface area contributed by atoms with E-state index in [-0.39, 0.29) is 12.1 Å². The maximum Gasteiger partial charge on any atom is 0.174 e. The molecular weight excluding hydrogens is 492 g/mol. The third kappa shape index (κ3) is 3.77. The third-order valence-electron chi connectivity index (χ3n) is 6.52. The molecular formula is C27H25BrN4S. The smallest absolute Gasteiger partial charge is 0.174 e. The average Bonchev–Trinajstić information content (AvgIpc) is 3.28. The van der Waals surface area contributed by atoms with Gasteiger partial charge in [0, 0.05) is 39.0 Å². The topological polar surface area (TPSA) is 33.1 Å². The van der Waals surface area contributed by atoms with Gasteiger partial charge in [0.2, 0.25) is 0 Å². The molecule has 0 bridgehead atoms. The van der Waals surface area contributed by atoms with Crippen molar-refractivity contribution in [3.63, 3.8) is 0 Å². The van der Waals surface area contributed by atoms with Gasteiger partial charge in [-0.2, -0.15) is 0 Å². The largest absolute Gasteiger partial charge is 0.351 e. The van der Waals surface area contributed by atoms with E-state index < -0.39 is 0 Å². The van der Waals surface area contributed by atoms with Gasteiger partial charge in [0.05, 0.1) is 17.8 Å². The number of hydrogen-bond donors (Lipinski definition) is 1. The predicted molar refractivity (Wildman–Crippen MR) is 142 cm³/mol. The minimum Gasteiger partial charge on any atom is -0.351 e. The van der Waals surface area contributed by atoms with Crippen LogP contribution in [0.25, 0.3) is 5.69 Å². The van der Waals surface area contributed by atoms with Crippen molar-refractivity contribution in [3.8, 4) is 5.69 Å². The van der Waals surface area contributed by atoms with E-state index in [9.17, 15) is 0 Å². The zero-order chi connectivity index (χ0) is 23.1. The summed E-state index contributed by atoms with van der Waals surface area (Å²) >= 11 is 9.46. The van der Waals surface area contributed by atoms with Crippen LogP contribution in [-0.4, -0.2) is 14.7 Å². The molecule has 1 N–H and O–H groups in total. The van der Waals surface area contributed by atoms with Crippen LogP contribution in [0.1, 0.15) is 40.3 Å². The molecule has 5 rings (SSSR count). The number of para-hydroxylation sites is 1. The van der Waals surface area contributed by atoms with Crippen molar-refractivity contribution in [2.45, 2.75) is 32.9 Å². The number of aromatic nitrogens is 2. The first kappa shape index (κ1) is 21.9. The van der Waals surface area contributed by atoms with Crippen LogP contribution in [0.5, 0.6) is 0 Å². The molecule has 6 heteroatoms. The second-order valence-electron chi connectivity index (χ2n) is 8.35. The fourth-order valence-electron chi connectivity index (χ4n) is 4.93. The van der Waals surface area contributed by atoms with E-state index in [2.05, 4.69) is 112 Å².